The molecular weight excluding hydrogens is 1170 g/mol. The lowest BCUT2D eigenvalue weighted by Crippen LogP contribution is -2.42. The van der Waals surface area contributed by atoms with Crippen LogP contribution in [0.25, 0.3) is 22.5 Å². The predicted octanol–water partition coefficient (Wildman–Crippen LogP) is 6.32. The number of nitrogens with zero attached hydrogens (tertiary/aromatic N) is 6. The molecule has 4 aliphatic heterocycles. The number of nitrogens with one attached hydrogen (secondary N) is 3. The molecule has 29 heteroatoms. The highest BCUT2D eigenvalue weighted by molar-refractivity contribution is 7.47. The van der Waals surface area contributed by atoms with E-state index in [1.807, 2.05) is 53.2 Å². The summed E-state index contributed by atoms with van der Waals surface area (Å²) >= 11 is 0. The number of amides is 3. The van der Waals surface area contributed by atoms with E-state index in [4.69, 9.17) is 32.3 Å². The maximum absolute atomic E-state index is 14.1. The number of aliphatic hydroxyl groups is 1. The molecule has 6 heterocycles. The molecule has 2 aromatic carbocycles. The van der Waals surface area contributed by atoms with Gasteiger partial charge in [0, 0.05) is 92.9 Å². The number of para-hydroxylation sites is 1. The average molecular weight is 1250 g/mol. The summed E-state index contributed by atoms with van der Waals surface area (Å²) in [5.41, 5.74) is 3.74. The Morgan fingerprint density at radius 3 is 2.32 bits per heavy atom. The fourth-order valence-corrected chi connectivity index (χ4v) is 12.3. The molecule has 2 fully saturated rings. The van der Waals surface area contributed by atoms with Gasteiger partial charge in [-0.05, 0) is 57.6 Å². The fourth-order valence-electron chi connectivity index (χ4n) is 10.6. The van der Waals surface area contributed by atoms with Gasteiger partial charge in [-0.1, -0.05) is 86.9 Å². The number of aryl methyl sites for hydroxylation is 2. The first-order chi connectivity index (χ1) is 41.7. The lowest BCUT2D eigenvalue weighted by atomic mass is 9.95. The third kappa shape index (κ3) is 18.4. The summed E-state index contributed by atoms with van der Waals surface area (Å²) in [6, 6.07) is 15.5. The van der Waals surface area contributed by atoms with Crippen molar-refractivity contribution in [1.82, 2.24) is 40.1 Å². The van der Waals surface area contributed by atoms with Crippen molar-refractivity contribution in [2.75, 3.05) is 44.5 Å². The van der Waals surface area contributed by atoms with E-state index in [9.17, 15) is 52.8 Å². The number of hydrogen-bond acceptors (Lipinski definition) is 19. The van der Waals surface area contributed by atoms with E-state index in [2.05, 4.69) is 39.4 Å². The minimum absolute atomic E-state index is 0.0141. The highest BCUT2D eigenvalue weighted by Gasteiger charge is 2.45. The smallest absolute Gasteiger partial charge is 0.390 e. The molecule has 0 aliphatic carbocycles. The topological polar surface area (TPSA) is 344 Å². The largest absolute Gasteiger partial charge is 0.472 e. The van der Waals surface area contributed by atoms with Crippen molar-refractivity contribution < 1.29 is 75.5 Å². The summed E-state index contributed by atoms with van der Waals surface area (Å²) in [5, 5.41) is 25.5. The van der Waals surface area contributed by atoms with Gasteiger partial charge in [-0.15, -0.1) is 5.10 Å². The number of anilines is 1. The van der Waals surface area contributed by atoms with Gasteiger partial charge in [0.1, 0.15) is 48.1 Å². The first kappa shape index (κ1) is 66.6. The molecule has 3 amide bonds. The molecule has 474 valence electrons. The van der Waals surface area contributed by atoms with Gasteiger partial charge in [0.2, 0.25) is 11.8 Å². The van der Waals surface area contributed by atoms with Gasteiger partial charge in [-0.3, -0.25) is 51.6 Å². The molecule has 4 aliphatic rings. The molecule has 0 spiro atoms. The minimum atomic E-state index is -5.04. The number of H-pyrrole nitrogens is 1. The Hall–Kier alpha value is -6.32. The zero-order chi connectivity index (χ0) is 62.3. The minimum Gasteiger partial charge on any atom is -0.390 e. The normalized spacial score (nSPS) is 21.4. The SMILES string of the molecule is C=C1NC(=O)C(C)=CN1[C@H]1CC(O)[C@@H](COP(=O)(O)OC2C[C@H](n3cc(C)c(=O)[nH]c3=O)O[C@@H]2COP(=O)(O)OCCOCCCC(=O)CCCCC(=O)N2Cc3ccccc3-c3c(nnn3CCCC(=O)NCCCCCCC)-c3ccccc32)O1. The Morgan fingerprint density at radius 1 is 0.805 bits per heavy atom. The first-order valence-electron chi connectivity index (χ1n) is 29.5. The van der Waals surface area contributed by atoms with E-state index in [1.54, 1.807) is 11.8 Å². The van der Waals surface area contributed by atoms with Crippen LogP contribution in [-0.2, 0) is 73.7 Å². The number of aliphatic hydroxyl groups excluding tert-OH is 1. The zero-order valence-corrected chi connectivity index (χ0v) is 51.0. The number of aromatic amines is 1. The van der Waals surface area contributed by atoms with Crippen LogP contribution in [0.15, 0.2) is 88.5 Å². The molecule has 2 saturated heterocycles. The Balaban J connectivity index is 0.748. The summed E-state index contributed by atoms with van der Waals surface area (Å²) in [6.07, 6.45) is 3.87. The number of aromatic nitrogens is 5. The highest BCUT2D eigenvalue weighted by Crippen LogP contribution is 2.50. The van der Waals surface area contributed by atoms with Crippen molar-refractivity contribution in [3.8, 4) is 22.5 Å². The van der Waals surface area contributed by atoms with Crippen LogP contribution in [0.2, 0.25) is 0 Å². The van der Waals surface area contributed by atoms with Gasteiger partial charge < -0.3 is 49.5 Å². The van der Waals surface area contributed by atoms with Crippen LogP contribution in [0.1, 0.15) is 128 Å². The van der Waals surface area contributed by atoms with E-state index < -0.39 is 83.6 Å². The Morgan fingerprint density at radius 2 is 1.52 bits per heavy atom. The zero-order valence-electron chi connectivity index (χ0n) is 49.3. The van der Waals surface area contributed by atoms with E-state index in [1.165, 1.54) is 43.5 Å². The van der Waals surface area contributed by atoms with Gasteiger partial charge in [0.15, 0.2) is 0 Å². The lowest BCUT2D eigenvalue weighted by molar-refractivity contribution is -0.121. The average Bonchev–Trinajstić information content (AvgIpc) is 1.96. The maximum Gasteiger partial charge on any atom is 0.472 e. The van der Waals surface area contributed by atoms with Crippen molar-refractivity contribution >= 4 is 44.8 Å². The molecule has 4 unspecified atom stereocenters. The molecule has 2 aromatic heterocycles. The number of Topliss-reactive ketones (excluding diaryl/α,β-unsaturated/α-hetero) is 1. The standard InChI is InChI=1S/C58H79N9O18P2/c1-5-6-7-8-15-26-59-50(70)24-16-27-67-55-43-21-11-9-18-41(43)35-65(45-23-13-12-22-44(45)54(55)62-63-67)51(71)25-14-10-19-42(68)20-17-28-79-29-30-80-86(75,76)81-37-49-47(32-53(84-49)66-34-39(3)57(73)61-58(66)74)85-87(77,78)82-36-48-46(69)31-52(83-48)64-33-38(2)56(72)60-40(64)4/h9,11-13,18,21-23,33-34,46-49,52-53,69H,4-8,10,14-17,19-20,24-32,35-37H2,1-3H3,(H,59,70)(H,60,72)(H,75,76)(H,77,78)(H,61,73,74)/t46?,47?,48-,49-,52-,53-/m1/s1. The number of phosphoric acid groups is 2. The van der Waals surface area contributed by atoms with E-state index >= 15 is 0 Å². The lowest BCUT2D eigenvalue weighted by Gasteiger charge is -2.32. The van der Waals surface area contributed by atoms with Crippen molar-refractivity contribution in [3.63, 3.8) is 0 Å². The van der Waals surface area contributed by atoms with Crippen LogP contribution in [-0.4, -0.2) is 138 Å². The summed E-state index contributed by atoms with van der Waals surface area (Å²) < 4.78 is 67.6. The van der Waals surface area contributed by atoms with Crippen LogP contribution in [0.5, 0.6) is 0 Å². The van der Waals surface area contributed by atoms with Gasteiger partial charge >= 0.3 is 21.3 Å². The number of ketones is 1. The second kappa shape index (κ2) is 31.2. The Labute approximate surface area is 503 Å². The van der Waals surface area contributed by atoms with E-state index in [-0.39, 0.29) is 80.2 Å². The third-order valence-corrected chi connectivity index (χ3v) is 17.3. The molecule has 6 N–H and O–H groups in total. The van der Waals surface area contributed by atoms with E-state index in [0.717, 1.165) is 39.8 Å². The molecule has 4 aromatic rings. The number of ether oxygens (including phenoxy) is 3. The first-order valence-corrected chi connectivity index (χ1v) is 32.5. The van der Waals surface area contributed by atoms with Crippen molar-refractivity contribution in [1.29, 1.82) is 0 Å². The van der Waals surface area contributed by atoms with Crippen LogP contribution >= 0.6 is 15.6 Å². The van der Waals surface area contributed by atoms with Gasteiger partial charge in [-0.2, -0.15) is 0 Å². The number of rotatable bonds is 33. The second-order valence-electron chi connectivity index (χ2n) is 21.9. The van der Waals surface area contributed by atoms with Crippen LogP contribution in [0.4, 0.5) is 5.69 Å². The summed E-state index contributed by atoms with van der Waals surface area (Å²) in [5.74, 6) is -0.255. The van der Waals surface area contributed by atoms with Crippen LogP contribution < -0.4 is 26.8 Å². The number of phosphoric ester groups is 2. The van der Waals surface area contributed by atoms with Gasteiger partial charge in [0.05, 0.1) is 50.5 Å². The third-order valence-electron chi connectivity index (χ3n) is 15.3. The fraction of sp³-hybridized carbons (Fsp3) is 0.552. The number of carbonyl (C=O) groups is 4. The molecule has 87 heavy (non-hydrogen) atoms. The molecular formula is C58H79N9O18P2. The number of hydrogen-bond donors (Lipinski definition) is 6. The summed E-state index contributed by atoms with van der Waals surface area (Å²) in [6.45, 7) is 8.65. The van der Waals surface area contributed by atoms with Crippen LogP contribution in [0, 0.1) is 6.92 Å². The second-order valence-corrected chi connectivity index (χ2v) is 24.8. The number of fused-ring (bicyclic) bond motifs is 5. The maximum atomic E-state index is 14.1. The molecule has 8 rings (SSSR count). The molecule has 0 bridgehead atoms. The monoisotopic (exact) mass is 1250 g/mol. The molecule has 27 nitrogen and oxygen atoms in total. The van der Waals surface area contributed by atoms with Crippen LogP contribution in [0.3, 0.4) is 0 Å². The molecule has 0 saturated carbocycles. The quantitative estimate of drug-likeness (QED) is 0.0224. The van der Waals surface area contributed by atoms with Crippen molar-refractivity contribution in [2.24, 2.45) is 0 Å². The van der Waals surface area contributed by atoms with E-state index in [0.29, 0.717) is 68.7 Å². The van der Waals surface area contributed by atoms with Crippen molar-refractivity contribution in [2.45, 2.75) is 167 Å². The highest BCUT2D eigenvalue weighted by atomic mass is 31.2. The summed E-state index contributed by atoms with van der Waals surface area (Å²) in [4.78, 5) is 103. The van der Waals surface area contributed by atoms with Gasteiger partial charge in [-0.25, -0.2) is 18.6 Å². The number of unbranched alkanes of at least 4 members (excludes halogenated alkanes) is 5. The Bertz CT molecular complexity index is 3330. The molecule has 8 atom stereocenters. The predicted molar refractivity (Wildman–Crippen MR) is 316 cm³/mol. The summed E-state index contributed by atoms with van der Waals surface area (Å²) in [7, 11) is -9.87. The molecule has 0 radical (unpaired) electrons. The van der Waals surface area contributed by atoms with Gasteiger partial charge in [0.25, 0.3) is 11.5 Å². The van der Waals surface area contributed by atoms with Crippen molar-refractivity contribution in [3.05, 3.63) is 111 Å². The number of carbonyl (C=O) groups excluding carboxylic acids is 4. The Kier molecular flexibility index (Phi) is 23.9. The number of benzene rings is 2.